The number of piperidine rings is 1. The number of rotatable bonds is 5. The number of likely N-dealkylation sites (tertiary alicyclic amines) is 1. The summed E-state index contributed by atoms with van der Waals surface area (Å²) in [6.07, 6.45) is 5.79. The number of aliphatic carboxylic acids is 1. The highest BCUT2D eigenvalue weighted by atomic mass is 19.4. The molecule has 176 valence electrons. The van der Waals surface area contributed by atoms with Crippen molar-refractivity contribution >= 4 is 11.9 Å². The number of hydrogen-bond donors (Lipinski definition) is 1. The minimum absolute atomic E-state index is 0.0555. The molecule has 0 bridgehead atoms. The smallest absolute Gasteiger partial charge is 0.475 e. The van der Waals surface area contributed by atoms with Crippen molar-refractivity contribution in [3.63, 3.8) is 0 Å². The van der Waals surface area contributed by atoms with Gasteiger partial charge in [0.2, 0.25) is 5.91 Å². The molecule has 2 fully saturated rings. The first-order valence-corrected chi connectivity index (χ1v) is 10.6. The monoisotopic (exact) mass is 456 g/mol. The van der Waals surface area contributed by atoms with E-state index in [1.807, 2.05) is 17.0 Å². The molecule has 3 aliphatic rings. The van der Waals surface area contributed by atoms with Crippen LogP contribution in [0.1, 0.15) is 37.7 Å². The van der Waals surface area contributed by atoms with Gasteiger partial charge in [-0.1, -0.05) is 6.08 Å². The number of ether oxygens (including phenoxy) is 2. The maximum absolute atomic E-state index is 12.8. The van der Waals surface area contributed by atoms with Gasteiger partial charge in [-0.2, -0.15) is 13.2 Å². The van der Waals surface area contributed by atoms with Crippen LogP contribution in [-0.4, -0.2) is 65.5 Å². The third kappa shape index (κ3) is 6.07. The number of nitrogens with zero attached hydrogens (tertiary/aromatic N) is 2. The zero-order valence-corrected chi connectivity index (χ0v) is 17.6. The van der Waals surface area contributed by atoms with E-state index < -0.39 is 12.1 Å². The van der Waals surface area contributed by atoms with Gasteiger partial charge in [-0.15, -0.1) is 0 Å². The van der Waals surface area contributed by atoms with Crippen molar-refractivity contribution in [2.45, 2.75) is 51.0 Å². The van der Waals surface area contributed by atoms with E-state index in [0.29, 0.717) is 13.2 Å². The molecule has 2 saturated heterocycles. The molecular formula is C22H27F3N2O5. The average Bonchev–Trinajstić information content (AvgIpc) is 3.43. The Balaban J connectivity index is 0.000000360. The predicted molar refractivity (Wildman–Crippen MR) is 108 cm³/mol. The molecule has 10 heteroatoms. The van der Waals surface area contributed by atoms with Gasteiger partial charge >= 0.3 is 12.1 Å². The molecule has 1 aliphatic carbocycles. The number of hydrogen-bond acceptors (Lipinski definition) is 5. The Morgan fingerprint density at radius 3 is 2.66 bits per heavy atom. The van der Waals surface area contributed by atoms with E-state index in [-0.39, 0.29) is 17.4 Å². The quantitative estimate of drug-likeness (QED) is 0.731. The molecule has 0 aromatic carbocycles. The number of pyridine rings is 1. The number of carbonyl (C=O) groups excluding carboxylic acids is 1. The molecule has 2 aliphatic heterocycles. The number of fused-ring (bicyclic) bond motifs is 1. The molecule has 0 spiro atoms. The van der Waals surface area contributed by atoms with Crippen LogP contribution >= 0.6 is 0 Å². The van der Waals surface area contributed by atoms with Gasteiger partial charge in [-0.05, 0) is 49.8 Å². The maximum atomic E-state index is 12.8. The van der Waals surface area contributed by atoms with Crippen LogP contribution < -0.4 is 0 Å². The predicted octanol–water partition coefficient (Wildman–Crippen LogP) is 3.35. The first kappa shape index (κ1) is 24.2. The van der Waals surface area contributed by atoms with Crippen LogP contribution in [0.5, 0.6) is 0 Å². The Kier molecular flexibility index (Phi) is 7.89. The standard InChI is InChI=1S/C20H26N2O3.C2HF3O2/c23-19(17-3-1-2-4-17)22-11-7-18-20(14-22,8-12-25-18)15-24-13-16-5-9-21-10-6-16;3-2(4,5)1(6)7/h3,5-6,9-10,18H,1-2,4,7-8,11-15H2;(H,6,7)/t18-,20+;/m1./s1. The van der Waals surface area contributed by atoms with Crippen molar-refractivity contribution in [2.75, 3.05) is 26.3 Å². The Morgan fingerprint density at radius 1 is 1.31 bits per heavy atom. The van der Waals surface area contributed by atoms with Gasteiger partial charge in [-0.3, -0.25) is 9.78 Å². The van der Waals surface area contributed by atoms with Crippen LogP contribution in [0.25, 0.3) is 0 Å². The number of alkyl halides is 3. The number of allylic oxidation sites excluding steroid dienone is 1. The molecule has 32 heavy (non-hydrogen) atoms. The topological polar surface area (TPSA) is 89.0 Å². The number of carbonyl (C=O) groups is 2. The molecule has 0 radical (unpaired) electrons. The molecule has 0 unspecified atom stereocenters. The zero-order valence-electron chi connectivity index (χ0n) is 17.6. The molecule has 1 N–H and O–H groups in total. The van der Waals surface area contributed by atoms with E-state index in [4.69, 9.17) is 19.4 Å². The van der Waals surface area contributed by atoms with Crippen molar-refractivity contribution in [3.8, 4) is 0 Å². The van der Waals surface area contributed by atoms with Crippen molar-refractivity contribution in [1.29, 1.82) is 0 Å². The summed E-state index contributed by atoms with van der Waals surface area (Å²) in [6.45, 7) is 3.55. The van der Waals surface area contributed by atoms with Crippen LogP contribution in [0.2, 0.25) is 0 Å². The van der Waals surface area contributed by atoms with E-state index in [1.54, 1.807) is 12.4 Å². The largest absolute Gasteiger partial charge is 0.490 e. The fourth-order valence-electron chi connectivity index (χ4n) is 4.35. The number of halogens is 3. The van der Waals surface area contributed by atoms with Gasteiger partial charge in [0.15, 0.2) is 0 Å². The highest BCUT2D eigenvalue weighted by molar-refractivity contribution is 5.93. The van der Waals surface area contributed by atoms with Crippen molar-refractivity contribution < 1.29 is 37.3 Å². The SMILES string of the molecule is O=C(C1=CCCC1)N1CC[C@H]2OCC[C@@]2(COCc2ccncc2)C1.O=C(O)C(F)(F)F. The molecule has 7 nitrogen and oxygen atoms in total. The summed E-state index contributed by atoms with van der Waals surface area (Å²) in [7, 11) is 0. The molecular weight excluding hydrogens is 429 g/mol. The fourth-order valence-corrected chi connectivity index (χ4v) is 4.35. The van der Waals surface area contributed by atoms with Crippen LogP contribution in [0.4, 0.5) is 13.2 Å². The molecule has 1 amide bonds. The minimum Gasteiger partial charge on any atom is -0.475 e. The first-order valence-electron chi connectivity index (χ1n) is 10.6. The number of amides is 1. The third-order valence-electron chi connectivity index (χ3n) is 6.02. The second-order valence-electron chi connectivity index (χ2n) is 8.26. The normalized spacial score (nSPS) is 24.9. The number of aromatic nitrogens is 1. The summed E-state index contributed by atoms with van der Waals surface area (Å²) in [4.78, 5) is 27.8. The number of carboxylic acid groups (broad SMARTS) is 1. The maximum Gasteiger partial charge on any atom is 0.490 e. The lowest BCUT2D eigenvalue weighted by molar-refractivity contribution is -0.192. The van der Waals surface area contributed by atoms with Crippen molar-refractivity contribution in [3.05, 3.63) is 41.7 Å². The summed E-state index contributed by atoms with van der Waals surface area (Å²) < 4.78 is 43.8. The molecule has 0 saturated carbocycles. The Morgan fingerprint density at radius 2 is 2.03 bits per heavy atom. The summed E-state index contributed by atoms with van der Waals surface area (Å²) >= 11 is 0. The van der Waals surface area contributed by atoms with Gasteiger partial charge in [0.05, 0.1) is 19.3 Å². The van der Waals surface area contributed by atoms with E-state index in [0.717, 1.165) is 62.9 Å². The van der Waals surface area contributed by atoms with Gasteiger partial charge in [0.25, 0.3) is 0 Å². The highest BCUT2D eigenvalue weighted by Crippen LogP contribution is 2.42. The Bertz CT molecular complexity index is 831. The first-order chi connectivity index (χ1) is 15.2. The Labute approximate surface area is 184 Å². The summed E-state index contributed by atoms with van der Waals surface area (Å²) in [5.41, 5.74) is 2.08. The fraction of sp³-hybridized carbons (Fsp3) is 0.591. The van der Waals surface area contributed by atoms with Gasteiger partial charge in [0, 0.05) is 43.1 Å². The zero-order chi connectivity index (χ0) is 23.2. The van der Waals surface area contributed by atoms with Crippen molar-refractivity contribution in [1.82, 2.24) is 9.88 Å². The van der Waals surface area contributed by atoms with E-state index >= 15 is 0 Å². The van der Waals surface area contributed by atoms with E-state index in [9.17, 15) is 18.0 Å². The van der Waals surface area contributed by atoms with Crippen LogP contribution in [0, 0.1) is 5.41 Å². The van der Waals surface area contributed by atoms with Gasteiger partial charge < -0.3 is 19.5 Å². The highest BCUT2D eigenvalue weighted by Gasteiger charge is 2.49. The van der Waals surface area contributed by atoms with Gasteiger partial charge in [0.1, 0.15) is 0 Å². The molecule has 1 aromatic heterocycles. The molecule has 3 heterocycles. The Hall–Kier alpha value is -2.46. The summed E-state index contributed by atoms with van der Waals surface area (Å²) in [6, 6.07) is 3.95. The summed E-state index contributed by atoms with van der Waals surface area (Å²) in [5, 5.41) is 7.12. The molecule has 1 aromatic rings. The van der Waals surface area contributed by atoms with Crippen LogP contribution in [0.15, 0.2) is 36.2 Å². The van der Waals surface area contributed by atoms with Crippen LogP contribution in [0.3, 0.4) is 0 Å². The lowest BCUT2D eigenvalue weighted by Gasteiger charge is -2.43. The third-order valence-corrected chi connectivity index (χ3v) is 6.02. The van der Waals surface area contributed by atoms with Gasteiger partial charge in [-0.25, -0.2) is 4.79 Å². The van der Waals surface area contributed by atoms with Crippen LogP contribution in [-0.2, 0) is 25.7 Å². The van der Waals surface area contributed by atoms with E-state index in [2.05, 4.69) is 11.1 Å². The lowest BCUT2D eigenvalue weighted by Crippen LogP contribution is -2.53. The molecule has 4 rings (SSSR count). The average molecular weight is 456 g/mol. The lowest BCUT2D eigenvalue weighted by atomic mass is 9.77. The van der Waals surface area contributed by atoms with E-state index in [1.165, 1.54) is 0 Å². The minimum atomic E-state index is -5.08. The second kappa shape index (κ2) is 10.4. The summed E-state index contributed by atoms with van der Waals surface area (Å²) in [5.74, 6) is -2.52. The molecule has 2 atom stereocenters. The number of carboxylic acids is 1. The van der Waals surface area contributed by atoms with Crippen molar-refractivity contribution in [2.24, 2.45) is 5.41 Å². The second-order valence-corrected chi connectivity index (χ2v) is 8.26.